The van der Waals surface area contributed by atoms with Gasteiger partial charge in [0.1, 0.15) is 0 Å². The number of hydrogen-bond donors (Lipinski definition) is 1. The van der Waals surface area contributed by atoms with Crippen molar-refractivity contribution in [3.05, 3.63) is 33.8 Å². The van der Waals surface area contributed by atoms with Gasteiger partial charge in [-0.1, -0.05) is 15.9 Å². The monoisotopic (exact) mass is 281 g/mol. The van der Waals surface area contributed by atoms with Crippen LogP contribution in [0, 0.1) is 0 Å². The SMILES string of the molecule is CC(N)Cc1cc(C(F)(F)F)ccc1Br. The Morgan fingerprint density at radius 2 is 2.00 bits per heavy atom. The van der Waals surface area contributed by atoms with Gasteiger partial charge in [-0.05, 0) is 37.1 Å². The van der Waals surface area contributed by atoms with Crippen LogP contribution in [0.2, 0.25) is 0 Å². The van der Waals surface area contributed by atoms with Gasteiger partial charge in [-0.2, -0.15) is 13.2 Å². The summed E-state index contributed by atoms with van der Waals surface area (Å²) in [6, 6.07) is 3.42. The fraction of sp³-hybridized carbons (Fsp3) is 0.400. The van der Waals surface area contributed by atoms with Crippen molar-refractivity contribution in [1.82, 2.24) is 0 Å². The van der Waals surface area contributed by atoms with E-state index in [1.54, 1.807) is 6.92 Å². The molecule has 2 N–H and O–H groups in total. The lowest BCUT2D eigenvalue weighted by Gasteiger charge is -2.12. The van der Waals surface area contributed by atoms with Crippen molar-refractivity contribution in [3.8, 4) is 0 Å². The fourth-order valence-electron chi connectivity index (χ4n) is 1.25. The Hall–Kier alpha value is -0.550. The second-order valence-electron chi connectivity index (χ2n) is 3.49. The van der Waals surface area contributed by atoms with Crippen LogP contribution in [0.3, 0.4) is 0 Å². The molecular weight excluding hydrogens is 271 g/mol. The molecule has 0 amide bonds. The van der Waals surface area contributed by atoms with Crippen molar-refractivity contribution < 1.29 is 13.2 Å². The maximum atomic E-state index is 12.4. The van der Waals surface area contributed by atoms with Crippen molar-refractivity contribution in [1.29, 1.82) is 0 Å². The molecule has 0 aliphatic heterocycles. The predicted octanol–water partition coefficient (Wildman–Crippen LogP) is 3.36. The minimum Gasteiger partial charge on any atom is -0.328 e. The van der Waals surface area contributed by atoms with Gasteiger partial charge in [0.2, 0.25) is 0 Å². The van der Waals surface area contributed by atoms with E-state index in [0.29, 0.717) is 16.5 Å². The van der Waals surface area contributed by atoms with Crippen LogP contribution >= 0.6 is 15.9 Å². The summed E-state index contributed by atoms with van der Waals surface area (Å²) >= 11 is 3.20. The molecule has 1 unspecified atom stereocenters. The summed E-state index contributed by atoms with van der Waals surface area (Å²) in [5, 5.41) is 0. The van der Waals surface area contributed by atoms with Crippen LogP contribution in [-0.2, 0) is 12.6 Å². The lowest BCUT2D eigenvalue weighted by atomic mass is 10.0. The summed E-state index contributed by atoms with van der Waals surface area (Å²) in [6.45, 7) is 1.76. The van der Waals surface area contributed by atoms with E-state index >= 15 is 0 Å². The average molecular weight is 282 g/mol. The summed E-state index contributed by atoms with van der Waals surface area (Å²) < 4.78 is 37.8. The number of rotatable bonds is 2. The predicted molar refractivity (Wildman–Crippen MR) is 56.5 cm³/mol. The van der Waals surface area contributed by atoms with Gasteiger partial charge in [0.25, 0.3) is 0 Å². The molecule has 1 atom stereocenters. The van der Waals surface area contributed by atoms with Gasteiger partial charge in [-0.25, -0.2) is 0 Å². The molecule has 1 nitrogen and oxygen atoms in total. The van der Waals surface area contributed by atoms with Crippen molar-refractivity contribution in [2.24, 2.45) is 5.73 Å². The molecule has 84 valence electrons. The third-order valence-electron chi connectivity index (χ3n) is 1.91. The second-order valence-corrected chi connectivity index (χ2v) is 4.34. The van der Waals surface area contributed by atoms with Crippen LogP contribution in [-0.4, -0.2) is 6.04 Å². The third-order valence-corrected chi connectivity index (χ3v) is 2.69. The zero-order valence-corrected chi connectivity index (χ0v) is 9.69. The molecule has 5 heteroatoms. The summed E-state index contributed by atoms with van der Waals surface area (Å²) in [7, 11) is 0. The highest BCUT2D eigenvalue weighted by Crippen LogP contribution is 2.32. The molecule has 0 fully saturated rings. The molecule has 0 aliphatic carbocycles. The first-order chi connectivity index (χ1) is 6.80. The highest BCUT2D eigenvalue weighted by molar-refractivity contribution is 9.10. The first-order valence-electron chi connectivity index (χ1n) is 4.42. The largest absolute Gasteiger partial charge is 0.416 e. The van der Waals surface area contributed by atoms with Crippen molar-refractivity contribution >= 4 is 15.9 Å². The summed E-state index contributed by atoms with van der Waals surface area (Å²) in [5.74, 6) is 0. The van der Waals surface area contributed by atoms with Gasteiger partial charge < -0.3 is 5.73 Å². The topological polar surface area (TPSA) is 26.0 Å². The lowest BCUT2D eigenvalue weighted by molar-refractivity contribution is -0.137. The molecule has 0 heterocycles. The zero-order valence-electron chi connectivity index (χ0n) is 8.11. The Morgan fingerprint density at radius 3 is 2.47 bits per heavy atom. The molecule has 0 saturated heterocycles. The molecule has 0 aliphatic rings. The van der Waals surface area contributed by atoms with Crippen LogP contribution in [0.1, 0.15) is 18.1 Å². The molecule has 1 rings (SSSR count). The van der Waals surface area contributed by atoms with E-state index in [1.807, 2.05) is 0 Å². The highest BCUT2D eigenvalue weighted by atomic mass is 79.9. The van der Waals surface area contributed by atoms with Gasteiger partial charge in [-0.3, -0.25) is 0 Å². The van der Waals surface area contributed by atoms with E-state index in [-0.39, 0.29) is 6.04 Å². The Kier molecular flexibility index (Phi) is 3.78. The first kappa shape index (κ1) is 12.5. The van der Waals surface area contributed by atoms with Gasteiger partial charge in [0, 0.05) is 10.5 Å². The van der Waals surface area contributed by atoms with E-state index < -0.39 is 11.7 Å². The molecule has 1 aromatic rings. The van der Waals surface area contributed by atoms with Crippen LogP contribution in [0.4, 0.5) is 13.2 Å². The average Bonchev–Trinajstić information content (AvgIpc) is 2.06. The highest BCUT2D eigenvalue weighted by Gasteiger charge is 2.30. The smallest absolute Gasteiger partial charge is 0.328 e. The minimum absolute atomic E-state index is 0.162. The van der Waals surface area contributed by atoms with Crippen molar-refractivity contribution in [2.75, 3.05) is 0 Å². The Morgan fingerprint density at radius 1 is 1.40 bits per heavy atom. The van der Waals surface area contributed by atoms with Gasteiger partial charge >= 0.3 is 6.18 Å². The van der Waals surface area contributed by atoms with Crippen LogP contribution in [0.15, 0.2) is 22.7 Å². The van der Waals surface area contributed by atoms with Crippen molar-refractivity contribution in [3.63, 3.8) is 0 Å². The minimum atomic E-state index is -4.30. The molecule has 15 heavy (non-hydrogen) atoms. The zero-order chi connectivity index (χ0) is 11.6. The summed E-state index contributed by atoms with van der Waals surface area (Å²) in [4.78, 5) is 0. The molecule has 0 bridgehead atoms. The number of alkyl halides is 3. The lowest BCUT2D eigenvalue weighted by Crippen LogP contribution is -2.18. The van der Waals surface area contributed by atoms with Crippen LogP contribution in [0.5, 0.6) is 0 Å². The maximum absolute atomic E-state index is 12.4. The van der Waals surface area contributed by atoms with E-state index in [1.165, 1.54) is 6.07 Å². The van der Waals surface area contributed by atoms with Crippen molar-refractivity contribution in [2.45, 2.75) is 25.6 Å². The standard InChI is InChI=1S/C10H11BrF3N/c1-6(15)4-7-5-8(10(12,13)14)2-3-9(7)11/h2-3,5-6H,4,15H2,1H3. The molecular formula is C10H11BrF3N. The fourth-order valence-corrected chi connectivity index (χ4v) is 1.66. The quantitative estimate of drug-likeness (QED) is 0.884. The third kappa shape index (κ3) is 3.50. The summed E-state index contributed by atoms with van der Waals surface area (Å²) in [5.41, 5.74) is 5.50. The number of benzene rings is 1. The number of nitrogens with two attached hydrogens (primary N) is 1. The number of halogens is 4. The van der Waals surface area contributed by atoms with Gasteiger partial charge in [0.15, 0.2) is 0 Å². The second kappa shape index (κ2) is 4.53. The van der Waals surface area contributed by atoms with E-state index in [9.17, 15) is 13.2 Å². The Balaban J connectivity index is 3.06. The van der Waals surface area contributed by atoms with Gasteiger partial charge in [0.05, 0.1) is 5.56 Å². The molecule has 0 spiro atoms. The molecule has 0 aromatic heterocycles. The molecule has 0 radical (unpaired) electrons. The van der Waals surface area contributed by atoms with E-state index in [0.717, 1.165) is 12.1 Å². The normalized spacial score (nSPS) is 14.0. The van der Waals surface area contributed by atoms with E-state index in [2.05, 4.69) is 15.9 Å². The summed E-state index contributed by atoms with van der Waals surface area (Å²) in [6.07, 6.45) is -3.88. The maximum Gasteiger partial charge on any atom is 0.416 e. The van der Waals surface area contributed by atoms with Crippen LogP contribution in [0.25, 0.3) is 0 Å². The molecule has 1 aromatic carbocycles. The van der Waals surface area contributed by atoms with Gasteiger partial charge in [-0.15, -0.1) is 0 Å². The number of hydrogen-bond acceptors (Lipinski definition) is 1. The van der Waals surface area contributed by atoms with Crippen LogP contribution < -0.4 is 5.73 Å². The molecule has 0 saturated carbocycles. The Labute approximate surface area is 94.6 Å². The Bertz CT molecular complexity index is 347. The van der Waals surface area contributed by atoms with E-state index in [4.69, 9.17) is 5.73 Å². The first-order valence-corrected chi connectivity index (χ1v) is 5.21.